The van der Waals surface area contributed by atoms with E-state index >= 15 is 0 Å². The fraction of sp³-hybridized carbons (Fsp3) is 0.545. The molecule has 0 unspecified atom stereocenters. The number of allylic oxidation sites excluding steroid dienone is 4. The summed E-state index contributed by atoms with van der Waals surface area (Å²) >= 11 is 0. The molecule has 1 aliphatic rings. The molecule has 1 aliphatic carbocycles. The average molecular weight is 164 g/mol. The number of hydrogen-bond acceptors (Lipinski definition) is 1. The topological polar surface area (TPSA) is 17.1 Å². The van der Waals surface area contributed by atoms with E-state index in [0.717, 1.165) is 12.2 Å². The van der Waals surface area contributed by atoms with E-state index < -0.39 is 0 Å². The van der Waals surface area contributed by atoms with Crippen LogP contribution in [0.3, 0.4) is 0 Å². The van der Waals surface area contributed by atoms with E-state index in [0.29, 0.717) is 0 Å². The molecule has 0 N–H and O–H groups in total. The first-order chi connectivity index (χ1) is 5.93. The van der Waals surface area contributed by atoms with Gasteiger partial charge in [-0.1, -0.05) is 37.5 Å². The fourth-order valence-electron chi connectivity index (χ4n) is 1.66. The van der Waals surface area contributed by atoms with Crippen molar-refractivity contribution in [2.24, 2.45) is 5.92 Å². The molecule has 0 atom stereocenters. The van der Waals surface area contributed by atoms with E-state index in [9.17, 15) is 4.79 Å². The van der Waals surface area contributed by atoms with E-state index in [4.69, 9.17) is 0 Å². The summed E-state index contributed by atoms with van der Waals surface area (Å²) in [6.45, 7) is 0. The monoisotopic (exact) mass is 164 g/mol. The van der Waals surface area contributed by atoms with Crippen molar-refractivity contribution in [2.45, 2.75) is 32.1 Å². The second kappa shape index (κ2) is 5.76. The first-order valence-corrected chi connectivity index (χ1v) is 4.72. The lowest BCUT2D eigenvalue weighted by Gasteiger charge is -2.17. The van der Waals surface area contributed by atoms with Crippen LogP contribution < -0.4 is 0 Å². The van der Waals surface area contributed by atoms with Crippen molar-refractivity contribution in [3.8, 4) is 0 Å². The van der Waals surface area contributed by atoms with Gasteiger partial charge in [0, 0.05) is 0 Å². The summed E-state index contributed by atoms with van der Waals surface area (Å²) in [5, 5.41) is 0. The second-order valence-electron chi connectivity index (χ2n) is 3.30. The second-order valence-corrected chi connectivity index (χ2v) is 3.30. The van der Waals surface area contributed by atoms with Gasteiger partial charge in [-0.05, 0) is 24.8 Å². The van der Waals surface area contributed by atoms with Crippen LogP contribution in [0.2, 0.25) is 0 Å². The molecule has 0 amide bonds. The Kier molecular flexibility index (Phi) is 4.43. The van der Waals surface area contributed by atoms with Crippen LogP contribution in [0.25, 0.3) is 0 Å². The van der Waals surface area contributed by atoms with Crippen molar-refractivity contribution >= 4 is 6.29 Å². The predicted octanol–water partition coefficient (Wildman–Crippen LogP) is 2.88. The first-order valence-electron chi connectivity index (χ1n) is 4.72. The first kappa shape index (κ1) is 9.24. The zero-order valence-corrected chi connectivity index (χ0v) is 7.41. The number of aldehydes is 1. The van der Waals surface area contributed by atoms with E-state index in [1.165, 1.54) is 38.2 Å². The third-order valence-corrected chi connectivity index (χ3v) is 2.33. The van der Waals surface area contributed by atoms with Gasteiger partial charge in [0.1, 0.15) is 6.29 Å². The Morgan fingerprint density at radius 3 is 2.33 bits per heavy atom. The molecule has 1 fully saturated rings. The number of rotatable bonds is 3. The van der Waals surface area contributed by atoms with Gasteiger partial charge in [0.25, 0.3) is 0 Å². The van der Waals surface area contributed by atoms with Gasteiger partial charge in [-0.3, -0.25) is 4.79 Å². The molecule has 1 nitrogen and oxygen atoms in total. The highest BCUT2D eigenvalue weighted by molar-refractivity contribution is 5.65. The molecule has 1 saturated carbocycles. The zero-order chi connectivity index (χ0) is 8.65. The summed E-state index contributed by atoms with van der Waals surface area (Å²) in [7, 11) is 0. The molecule has 0 saturated heterocycles. The molecule has 0 heterocycles. The standard InChI is InChI=1S/C11H16O/c12-10-6-2-5-9-11-7-3-1-4-8-11/h2,5-6,9-11H,1,3-4,7-8H2/b6-2+,9-5-. The lowest BCUT2D eigenvalue weighted by Crippen LogP contribution is -2.02. The van der Waals surface area contributed by atoms with Crippen LogP contribution in [0, 0.1) is 5.92 Å². The highest BCUT2D eigenvalue weighted by Gasteiger charge is 2.08. The normalized spacial score (nSPS) is 20.7. The SMILES string of the molecule is O=C/C=C/C=C\C1CCCCC1. The van der Waals surface area contributed by atoms with Gasteiger partial charge in [-0.25, -0.2) is 0 Å². The van der Waals surface area contributed by atoms with Gasteiger partial charge in [-0.15, -0.1) is 0 Å². The molecule has 66 valence electrons. The van der Waals surface area contributed by atoms with Crippen LogP contribution >= 0.6 is 0 Å². The van der Waals surface area contributed by atoms with Gasteiger partial charge in [0.15, 0.2) is 0 Å². The van der Waals surface area contributed by atoms with Crippen molar-refractivity contribution in [1.29, 1.82) is 0 Å². The van der Waals surface area contributed by atoms with Gasteiger partial charge in [0.05, 0.1) is 0 Å². The van der Waals surface area contributed by atoms with E-state index in [-0.39, 0.29) is 0 Å². The molecular weight excluding hydrogens is 148 g/mol. The summed E-state index contributed by atoms with van der Waals surface area (Å²) < 4.78 is 0. The maximum atomic E-state index is 9.94. The fourth-order valence-corrected chi connectivity index (χ4v) is 1.66. The van der Waals surface area contributed by atoms with Crippen LogP contribution in [-0.4, -0.2) is 6.29 Å². The maximum Gasteiger partial charge on any atom is 0.142 e. The third-order valence-electron chi connectivity index (χ3n) is 2.33. The van der Waals surface area contributed by atoms with Crippen LogP contribution in [0.15, 0.2) is 24.3 Å². The lowest BCUT2D eigenvalue weighted by atomic mass is 9.89. The summed E-state index contributed by atoms with van der Waals surface area (Å²) in [6, 6.07) is 0. The van der Waals surface area contributed by atoms with E-state index in [1.807, 2.05) is 12.2 Å². The van der Waals surface area contributed by atoms with Gasteiger partial charge >= 0.3 is 0 Å². The summed E-state index contributed by atoms with van der Waals surface area (Å²) in [4.78, 5) is 9.94. The Morgan fingerprint density at radius 2 is 1.67 bits per heavy atom. The third kappa shape index (κ3) is 3.51. The number of carbonyl (C=O) groups excluding carboxylic acids is 1. The minimum absolute atomic E-state index is 0.759. The minimum atomic E-state index is 0.759. The smallest absolute Gasteiger partial charge is 0.142 e. The maximum absolute atomic E-state index is 9.94. The Labute approximate surface area is 74.2 Å². The van der Waals surface area contributed by atoms with Crippen LogP contribution in [-0.2, 0) is 4.79 Å². The van der Waals surface area contributed by atoms with Crippen molar-refractivity contribution in [3.05, 3.63) is 24.3 Å². The summed E-state index contributed by atoms with van der Waals surface area (Å²) in [5.74, 6) is 0.759. The highest BCUT2D eigenvalue weighted by Crippen LogP contribution is 2.24. The largest absolute Gasteiger partial charge is 0.299 e. The molecule has 12 heavy (non-hydrogen) atoms. The van der Waals surface area contributed by atoms with E-state index in [1.54, 1.807) is 0 Å². The molecule has 0 aromatic heterocycles. The van der Waals surface area contributed by atoms with Crippen molar-refractivity contribution in [1.82, 2.24) is 0 Å². The zero-order valence-electron chi connectivity index (χ0n) is 7.41. The van der Waals surface area contributed by atoms with Crippen molar-refractivity contribution in [2.75, 3.05) is 0 Å². The van der Waals surface area contributed by atoms with Gasteiger partial charge in [0.2, 0.25) is 0 Å². The minimum Gasteiger partial charge on any atom is -0.299 e. The molecule has 1 heteroatoms. The lowest BCUT2D eigenvalue weighted by molar-refractivity contribution is -0.104. The van der Waals surface area contributed by atoms with Crippen molar-refractivity contribution in [3.63, 3.8) is 0 Å². The predicted molar refractivity (Wildman–Crippen MR) is 50.9 cm³/mol. The highest BCUT2D eigenvalue weighted by atomic mass is 16.1. The van der Waals surface area contributed by atoms with Gasteiger partial charge < -0.3 is 0 Å². The quantitative estimate of drug-likeness (QED) is 0.356. The molecule has 0 spiro atoms. The Balaban J connectivity index is 2.23. The molecule has 1 rings (SSSR count). The van der Waals surface area contributed by atoms with Crippen molar-refractivity contribution < 1.29 is 4.79 Å². The molecular formula is C11H16O. The van der Waals surface area contributed by atoms with Crippen LogP contribution in [0.5, 0.6) is 0 Å². The van der Waals surface area contributed by atoms with Crippen LogP contribution in [0.1, 0.15) is 32.1 Å². The van der Waals surface area contributed by atoms with Gasteiger partial charge in [-0.2, -0.15) is 0 Å². The Bertz CT molecular complexity index is 173. The summed E-state index contributed by atoms with van der Waals surface area (Å²) in [6.07, 6.45) is 15.1. The molecule has 0 bridgehead atoms. The molecule has 0 radical (unpaired) electrons. The number of carbonyl (C=O) groups is 1. The Morgan fingerprint density at radius 1 is 0.917 bits per heavy atom. The van der Waals surface area contributed by atoms with E-state index in [2.05, 4.69) is 6.08 Å². The molecule has 0 aliphatic heterocycles. The average Bonchev–Trinajstić information content (AvgIpc) is 2.14. The molecule has 0 aromatic carbocycles. The summed E-state index contributed by atoms with van der Waals surface area (Å²) in [5.41, 5.74) is 0. The Hall–Kier alpha value is -0.850. The van der Waals surface area contributed by atoms with Crippen LogP contribution in [0.4, 0.5) is 0 Å². The number of hydrogen-bond donors (Lipinski definition) is 0. The molecule has 0 aromatic rings.